The molecule has 204 valence electrons. The molecule has 3 aliphatic heterocycles. The number of carbonyl (C=O) groups is 2. The first-order valence-corrected chi connectivity index (χ1v) is 12.8. The SMILES string of the molecule is CCOC(=O)c1nc(O[C@H]2COC[C@@H]2F)cc(N2CCC3(CCCC(=O)N3c3ccc(F)c(F)c3)CC2)n1. The predicted octanol–water partition coefficient (Wildman–Crippen LogP) is 3.60. The van der Waals surface area contributed by atoms with Gasteiger partial charge in [-0.1, -0.05) is 0 Å². The molecule has 0 aliphatic carbocycles. The van der Waals surface area contributed by atoms with Gasteiger partial charge in [0.2, 0.25) is 17.6 Å². The largest absolute Gasteiger partial charge is 0.469 e. The van der Waals surface area contributed by atoms with Gasteiger partial charge in [-0.15, -0.1) is 0 Å². The van der Waals surface area contributed by atoms with E-state index in [2.05, 4.69) is 9.97 Å². The molecule has 38 heavy (non-hydrogen) atoms. The molecule has 0 radical (unpaired) electrons. The fourth-order valence-electron chi connectivity index (χ4n) is 5.42. The van der Waals surface area contributed by atoms with E-state index in [0.717, 1.165) is 18.6 Å². The van der Waals surface area contributed by atoms with Crippen molar-refractivity contribution in [2.24, 2.45) is 0 Å². The topological polar surface area (TPSA) is 94.1 Å². The van der Waals surface area contributed by atoms with Gasteiger partial charge in [-0.05, 0) is 44.7 Å². The monoisotopic (exact) mass is 534 g/mol. The van der Waals surface area contributed by atoms with Crippen molar-refractivity contribution in [3.05, 3.63) is 41.7 Å². The van der Waals surface area contributed by atoms with Crippen LogP contribution in [0.15, 0.2) is 24.3 Å². The van der Waals surface area contributed by atoms with Gasteiger partial charge in [0.25, 0.3) is 0 Å². The average molecular weight is 535 g/mol. The highest BCUT2D eigenvalue weighted by molar-refractivity contribution is 5.95. The van der Waals surface area contributed by atoms with Crippen LogP contribution in [0.1, 0.15) is 49.6 Å². The molecular weight excluding hydrogens is 505 g/mol. The van der Waals surface area contributed by atoms with Crippen molar-refractivity contribution < 1.29 is 37.0 Å². The maximum absolute atomic E-state index is 14.1. The number of carbonyl (C=O) groups excluding carboxylic acids is 2. The van der Waals surface area contributed by atoms with Crippen LogP contribution in [0.2, 0.25) is 0 Å². The van der Waals surface area contributed by atoms with E-state index in [1.54, 1.807) is 17.9 Å². The second kappa shape index (κ2) is 10.8. The summed E-state index contributed by atoms with van der Waals surface area (Å²) >= 11 is 0. The number of hydrogen-bond acceptors (Lipinski definition) is 8. The zero-order valence-corrected chi connectivity index (χ0v) is 21.0. The maximum Gasteiger partial charge on any atom is 0.376 e. The van der Waals surface area contributed by atoms with Gasteiger partial charge in [-0.25, -0.2) is 22.9 Å². The molecule has 1 spiro atoms. The van der Waals surface area contributed by atoms with Gasteiger partial charge in [0.15, 0.2) is 23.9 Å². The lowest BCUT2D eigenvalue weighted by Crippen LogP contribution is -2.60. The third kappa shape index (κ3) is 5.13. The summed E-state index contributed by atoms with van der Waals surface area (Å²) in [5.74, 6) is -2.59. The molecule has 1 aromatic carbocycles. The molecule has 4 heterocycles. The lowest BCUT2D eigenvalue weighted by Gasteiger charge is -2.51. The van der Waals surface area contributed by atoms with E-state index in [4.69, 9.17) is 14.2 Å². The molecule has 0 unspecified atom stereocenters. The van der Waals surface area contributed by atoms with Crippen LogP contribution in [0, 0.1) is 11.6 Å². The number of aromatic nitrogens is 2. The number of piperidine rings is 2. The number of hydrogen-bond donors (Lipinski definition) is 0. The standard InChI is InChI=1S/C26H29F3N4O5/c1-2-37-25(35)24-30-21(13-22(31-24)38-20-15-36-14-19(20)29)32-10-8-26(9-11-32)7-3-4-23(34)33(26)16-5-6-17(27)18(28)12-16/h5-6,12-13,19-20H,2-4,7-11,14-15H2,1H3/t19-,20-/m0/s1. The fraction of sp³-hybridized carbons (Fsp3) is 0.538. The summed E-state index contributed by atoms with van der Waals surface area (Å²) in [5.41, 5.74) is -0.223. The molecule has 9 nitrogen and oxygen atoms in total. The number of alkyl halides is 1. The number of ether oxygens (including phenoxy) is 3. The molecular formula is C26H29F3N4O5. The summed E-state index contributed by atoms with van der Waals surface area (Å²) in [7, 11) is 0. The number of amides is 1. The Labute approximate surface area is 217 Å². The minimum atomic E-state index is -1.32. The lowest BCUT2D eigenvalue weighted by atomic mass is 9.78. The summed E-state index contributed by atoms with van der Waals surface area (Å²) in [5, 5.41) is 0. The molecule has 5 rings (SSSR count). The van der Waals surface area contributed by atoms with E-state index in [1.165, 1.54) is 6.07 Å². The molecule has 2 aromatic rings. The summed E-state index contributed by atoms with van der Waals surface area (Å²) in [6.07, 6.45) is 0.657. The van der Waals surface area contributed by atoms with Crippen molar-refractivity contribution in [3.63, 3.8) is 0 Å². The van der Waals surface area contributed by atoms with Crippen LogP contribution in [0.25, 0.3) is 0 Å². The van der Waals surface area contributed by atoms with Crippen LogP contribution >= 0.6 is 0 Å². The first-order valence-electron chi connectivity index (χ1n) is 12.8. The Hall–Kier alpha value is -3.41. The molecule has 3 fully saturated rings. The molecule has 3 aliphatic rings. The van der Waals surface area contributed by atoms with Crippen LogP contribution < -0.4 is 14.5 Å². The Bertz CT molecular complexity index is 1210. The molecule has 12 heteroatoms. The Morgan fingerprint density at radius 2 is 1.92 bits per heavy atom. The Morgan fingerprint density at radius 1 is 1.13 bits per heavy atom. The first-order chi connectivity index (χ1) is 18.3. The van der Waals surface area contributed by atoms with Crippen molar-refractivity contribution in [3.8, 4) is 5.88 Å². The molecule has 0 saturated carbocycles. The zero-order chi connectivity index (χ0) is 26.9. The van der Waals surface area contributed by atoms with Crippen LogP contribution in [0.5, 0.6) is 5.88 Å². The summed E-state index contributed by atoms with van der Waals surface area (Å²) in [6.45, 7) is 2.71. The third-order valence-electron chi connectivity index (χ3n) is 7.32. The van der Waals surface area contributed by atoms with E-state index in [1.807, 2.05) is 4.90 Å². The van der Waals surface area contributed by atoms with Crippen molar-refractivity contribution in [2.45, 2.75) is 56.8 Å². The fourth-order valence-corrected chi connectivity index (χ4v) is 5.42. The molecule has 1 aromatic heterocycles. The number of nitrogens with zero attached hydrogens (tertiary/aromatic N) is 4. The van der Waals surface area contributed by atoms with Crippen LogP contribution in [0.4, 0.5) is 24.7 Å². The number of anilines is 2. The van der Waals surface area contributed by atoms with Crippen LogP contribution in [0.3, 0.4) is 0 Å². The number of halogens is 3. The van der Waals surface area contributed by atoms with E-state index in [-0.39, 0.29) is 37.4 Å². The van der Waals surface area contributed by atoms with Crippen molar-refractivity contribution >= 4 is 23.4 Å². The molecule has 0 N–H and O–H groups in total. The first kappa shape index (κ1) is 26.2. The third-order valence-corrected chi connectivity index (χ3v) is 7.32. The van der Waals surface area contributed by atoms with E-state index in [0.29, 0.717) is 50.3 Å². The summed E-state index contributed by atoms with van der Waals surface area (Å²) < 4.78 is 57.6. The second-order valence-electron chi connectivity index (χ2n) is 9.71. The maximum atomic E-state index is 14.1. The minimum absolute atomic E-state index is 0.0350. The van der Waals surface area contributed by atoms with Crippen molar-refractivity contribution in [2.75, 3.05) is 42.7 Å². The van der Waals surface area contributed by atoms with Crippen molar-refractivity contribution in [1.82, 2.24) is 9.97 Å². The van der Waals surface area contributed by atoms with Gasteiger partial charge in [-0.2, -0.15) is 4.98 Å². The predicted molar refractivity (Wildman–Crippen MR) is 130 cm³/mol. The Morgan fingerprint density at radius 3 is 2.61 bits per heavy atom. The highest BCUT2D eigenvalue weighted by atomic mass is 19.2. The van der Waals surface area contributed by atoms with E-state index in [9.17, 15) is 22.8 Å². The normalized spacial score (nSPS) is 23.1. The molecule has 2 atom stereocenters. The van der Waals surface area contributed by atoms with E-state index < -0.39 is 35.4 Å². The summed E-state index contributed by atoms with van der Waals surface area (Å²) in [4.78, 5) is 37.5. The average Bonchev–Trinajstić information content (AvgIpc) is 3.30. The summed E-state index contributed by atoms with van der Waals surface area (Å²) in [6, 6.07) is 5.08. The number of esters is 1. The van der Waals surface area contributed by atoms with Gasteiger partial charge >= 0.3 is 5.97 Å². The van der Waals surface area contributed by atoms with Gasteiger partial charge in [0.1, 0.15) is 5.82 Å². The highest BCUT2D eigenvalue weighted by Gasteiger charge is 2.45. The van der Waals surface area contributed by atoms with Gasteiger partial charge < -0.3 is 24.0 Å². The van der Waals surface area contributed by atoms with Gasteiger partial charge in [-0.3, -0.25) is 4.79 Å². The highest BCUT2D eigenvalue weighted by Crippen LogP contribution is 2.42. The smallest absolute Gasteiger partial charge is 0.376 e. The van der Waals surface area contributed by atoms with Gasteiger partial charge in [0.05, 0.1) is 25.4 Å². The van der Waals surface area contributed by atoms with Crippen molar-refractivity contribution in [1.29, 1.82) is 0 Å². The Kier molecular flexibility index (Phi) is 7.42. The van der Waals surface area contributed by atoms with Gasteiger partial charge in [0, 0.05) is 37.3 Å². The van der Waals surface area contributed by atoms with E-state index >= 15 is 0 Å². The molecule has 3 saturated heterocycles. The number of rotatable bonds is 6. The van der Waals surface area contributed by atoms with Crippen LogP contribution in [-0.4, -0.2) is 72.6 Å². The quantitative estimate of drug-likeness (QED) is 0.519. The zero-order valence-electron chi connectivity index (χ0n) is 21.0. The number of benzene rings is 1. The molecule has 0 bridgehead atoms. The molecule has 1 amide bonds. The second-order valence-corrected chi connectivity index (χ2v) is 9.71. The Balaban J connectivity index is 1.39. The lowest BCUT2D eigenvalue weighted by molar-refractivity contribution is -0.121. The minimum Gasteiger partial charge on any atom is -0.469 e. The van der Waals surface area contributed by atoms with Crippen LogP contribution in [-0.2, 0) is 14.3 Å².